The molecule has 1 aromatic carbocycles. The minimum Gasteiger partial charge on any atom is -0.347 e. The molecule has 2 aliphatic heterocycles. The van der Waals surface area contributed by atoms with Gasteiger partial charge in [-0.15, -0.1) is 0 Å². The number of amides is 1. The van der Waals surface area contributed by atoms with Gasteiger partial charge in [0, 0.05) is 31.5 Å². The van der Waals surface area contributed by atoms with Gasteiger partial charge in [-0.3, -0.25) is 4.79 Å². The summed E-state index contributed by atoms with van der Waals surface area (Å²) >= 11 is 0. The fraction of sp³-hybridized carbons (Fsp3) is 0.562. The van der Waals surface area contributed by atoms with E-state index >= 15 is 0 Å². The quantitative estimate of drug-likeness (QED) is 0.789. The van der Waals surface area contributed by atoms with Crippen LogP contribution < -0.4 is 0 Å². The highest BCUT2D eigenvalue weighted by Crippen LogP contribution is 2.32. The summed E-state index contributed by atoms with van der Waals surface area (Å²) in [4.78, 5) is 14.5. The molecule has 0 atom stereocenters. The minimum atomic E-state index is -0.418. The summed E-state index contributed by atoms with van der Waals surface area (Å²) in [5.74, 6) is -0.294. The first-order valence-corrected chi connectivity index (χ1v) is 7.25. The molecule has 1 aromatic rings. The van der Waals surface area contributed by atoms with Crippen molar-refractivity contribution in [3.05, 3.63) is 34.9 Å². The van der Waals surface area contributed by atoms with Crippen LogP contribution in [-0.2, 0) is 9.47 Å². The second-order valence-electron chi connectivity index (χ2n) is 5.65. The lowest BCUT2D eigenvalue weighted by Gasteiger charge is -2.37. The van der Waals surface area contributed by atoms with Gasteiger partial charge in [0.25, 0.3) is 5.91 Å². The lowest BCUT2D eigenvalue weighted by molar-refractivity contribution is -0.181. The summed E-state index contributed by atoms with van der Waals surface area (Å²) in [7, 11) is 0. The highest BCUT2D eigenvalue weighted by Gasteiger charge is 2.40. The van der Waals surface area contributed by atoms with Crippen LogP contribution in [0.5, 0.6) is 0 Å². The number of piperidine rings is 1. The lowest BCUT2D eigenvalue weighted by atomic mass is 9.99. The Bertz CT molecular complexity index is 510. The maximum atomic E-state index is 12.6. The molecule has 0 unspecified atom stereocenters. The average molecular weight is 275 g/mol. The Hall–Kier alpha value is -1.39. The first-order valence-electron chi connectivity index (χ1n) is 7.25. The molecule has 20 heavy (non-hydrogen) atoms. The summed E-state index contributed by atoms with van der Waals surface area (Å²) < 4.78 is 11.4. The highest BCUT2D eigenvalue weighted by atomic mass is 16.7. The van der Waals surface area contributed by atoms with Crippen LogP contribution in [0.2, 0.25) is 0 Å². The Labute approximate surface area is 119 Å². The van der Waals surface area contributed by atoms with Gasteiger partial charge in [-0.25, -0.2) is 0 Å². The van der Waals surface area contributed by atoms with Crippen LogP contribution >= 0.6 is 0 Å². The molecule has 1 amide bonds. The lowest BCUT2D eigenvalue weighted by Crippen LogP contribution is -2.47. The number of hydrogen-bond acceptors (Lipinski definition) is 3. The predicted molar refractivity (Wildman–Crippen MR) is 75.7 cm³/mol. The van der Waals surface area contributed by atoms with E-state index in [-0.39, 0.29) is 5.91 Å². The monoisotopic (exact) mass is 275 g/mol. The second kappa shape index (κ2) is 5.19. The van der Waals surface area contributed by atoms with Crippen molar-refractivity contribution in [1.29, 1.82) is 0 Å². The van der Waals surface area contributed by atoms with Gasteiger partial charge in [-0.05, 0) is 31.0 Å². The third-order valence-corrected chi connectivity index (χ3v) is 4.46. The zero-order valence-electron chi connectivity index (χ0n) is 12.1. The van der Waals surface area contributed by atoms with E-state index in [1.54, 1.807) is 0 Å². The third-order valence-electron chi connectivity index (χ3n) is 4.46. The van der Waals surface area contributed by atoms with Gasteiger partial charge in [-0.2, -0.15) is 0 Å². The molecule has 2 fully saturated rings. The Morgan fingerprint density at radius 1 is 1.15 bits per heavy atom. The van der Waals surface area contributed by atoms with Crippen LogP contribution in [0.3, 0.4) is 0 Å². The van der Waals surface area contributed by atoms with Gasteiger partial charge in [-0.1, -0.05) is 12.1 Å². The van der Waals surface area contributed by atoms with Crippen molar-refractivity contribution in [2.75, 3.05) is 26.3 Å². The molecule has 1 spiro atoms. The van der Waals surface area contributed by atoms with Crippen molar-refractivity contribution < 1.29 is 14.3 Å². The van der Waals surface area contributed by atoms with E-state index in [9.17, 15) is 4.79 Å². The van der Waals surface area contributed by atoms with E-state index in [0.29, 0.717) is 26.3 Å². The Kier molecular flexibility index (Phi) is 3.52. The average Bonchev–Trinajstić information content (AvgIpc) is 2.90. The highest BCUT2D eigenvalue weighted by molar-refractivity contribution is 5.96. The Morgan fingerprint density at radius 2 is 1.80 bits per heavy atom. The van der Waals surface area contributed by atoms with Crippen LogP contribution in [0.1, 0.15) is 34.3 Å². The first kappa shape index (κ1) is 13.6. The molecule has 0 aliphatic carbocycles. The van der Waals surface area contributed by atoms with E-state index in [1.807, 2.05) is 36.9 Å². The summed E-state index contributed by atoms with van der Waals surface area (Å²) in [6.07, 6.45) is 1.53. The van der Waals surface area contributed by atoms with Crippen LogP contribution in [0.4, 0.5) is 0 Å². The van der Waals surface area contributed by atoms with Crippen molar-refractivity contribution in [1.82, 2.24) is 4.90 Å². The first-order chi connectivity index (χ1) is 9.61. The molecular formula is C16H21NO3. The van der Waals surface area contributed by atoms with Crippen molar-refractivity contribution in [3.63, 3.8) is 0 Å². The smallest absolute Gasteiger partial charge is 0.254 e. The van der Waals surface area contributed by atoms with Crippen LogP contribution in [0, 0.1) is 13.8 Å². The molecule has 4 nitrogen and oxygen atoms in total. The van der Waals surface area contributed by atoms with E-state index in [1.165, 1.54) is 0 Å². The molecule has 3 rings (SSSR count). The van der Waals surface area contributed by atoms with E-state index < -0.39 is 5.79 Å². The number of aryl methyl sites for hydroxylation is 1. The number of rotatable bonds is 1. The molecule has 108 valence electrons. The van der Waals surface area contributed by atoms with E-state index in [2.05, 4.69) is 0 Å². The SMILES string of the molecule is Cc1cccc(C(=O)N2CCC3(CC2)OCCO3)c1C. The fourth-order valence-corrected chi connectivity index (χ4v) is 2.99. The van der Waals surface area contributed by atoms with Gasteiger partial charge >= 0.3 is 0 Å². The van der Waals surface area contributed by atoms with Crippen LogP contribution in [0.25, 0.3) is 0 Å². The Balaban J connectivity index is 1.71. The fourth-order valence-electron chi connectivity index (χ4n) is 2.99. The molecular weight excluding hydrogens is 254 g/mol. The standard InChI is InChI=1S/C16H21NO3/c1-12-4-3-5-14(13(12)2)15(18)17-8-6-16(7-9-17)19-10-11-20-16/h3-5H,6-11H2,1-2H3. The zero-order valence-corrected chi connectivity index (χ0v) is 12.1. The molecule has 4 heteroatoms. The van der Waals surface area contributed by atoms with Gasteiger partial charge in [0.15, 0.2) is 5.79 Å². The molecule has 0 aromatic heterocycles. The molecule has 2 heterocycles. The molecule has 0 saturated carbocycles. The predicted octanol–water partition coefficient (Wildman–Crippen LogP) is 2.28. The summed E-state index contributed by atoms with van der Waals surface area (Å²) in [5.41, 5.74) is 3.05. The Morgan fingerprint density at radius 3 is 2.45 bits per heavy atom. The van der Waals surface area contributed by atoms with E-state index in [4.69, 9.17) is 9.47 Å². The maximum absolute atomic E-state index is 12.6. The van der Waals surface area contributed by atoms with Gasteiger partial charge in [0.1, 0.15) is 0 Å². The van der Waals surface area contributed by atoms with Crippen molar-refractivity contribution in [2.45, 2.75) is 32.5 Å². The van der Waals surface area contributed by atoms with Crippen molar-refractivity contribution in [3.8, 4) is 0 Å². The molecule has 0 bridgehead atoms. The summed E-state index contributed by atoms with van der Waals surface area (Å²) in [6.45, 7) is 6.79. The third kappa shape index (κ3) is 2.34. The zero-order chi connectivity index (χ0) is 14.2. The maximum Gasteiger partial charge on any atom is 0.254 e. The minimum absolute atomic E-state index is 0.124. The number of nitrogens with zero attached hydrogens (tertiary/aromatic N) is 1. The summed E-state index contributed by atoms with van der Waals surface area (Å²) in [6, 6.07) is 5.90. The number of carbonyl (C=O) groups excluding carboxylic acids is 1. The van der Waals surface area contributed by atoms with Crippen LogP contribution in [0.15, 0.2) is 18.2 Å². The number of benzene rings is 1. The molecule has 2 saturated heterocycles. The largest absolute Gasteiger partial charge is 0.347 e. The van der Waals surface area contributed by atoms with Crippen molar-refractivity contribution in [2.24, 2.45) is 0 Å². The summed E-state index contributed by atoms with van der Waals surface area (Å²) in [5, 5.41) is 0. The number of carbonyl (C=O) groups is 1. The topological polar surface area (TPSA) is 38.8 Å². The second-order valence-corrected chi connectivity index (χ2v) is 5.65. The number of likely N-dealkylation sites (tertiary alicyclic amines) is 1. The number of hydrogen-bond donors (Lipinski definition) is 0. The van der Waals surface area contributed by atoms with E-state index in [0.717, 1.165) is 29.5 Å². The van der Waals surface area contributed by atoms with Gasteiger partial charge < -0.3 is 14.4 Å². The molecule has 0 radical (unpaired) electrons. The van der Waals surface area contributed by atoms with Gasteiger partial charge in [0.2, 0.25) is 0 Å². The number of ether oxygens (including phenoxy) is 2. The molecule has 2 aliphatic rings. The molecule has 0 N–H and O–H groups in total. The van der Waals surface area contributed by atoms with Gasteiger partial charge in [0.05, 0.1) is 13.2 Å². The van der Waals surface area contributed by atoms with Crippen molar-refractivity contribution >= 4 is 5.91 Å². The van der Waals surface area contributed by atoms with Crippen LogP contribution in [-0.4, -0.2) is 42.9 Å². The normalized spacial score (nSPS) is 21.4.